The summed E-state index contributed by atoms with van der Waals surface area (Å²) < 4.78 is 7.59. The lowest BCUT2D eigenvalue weighted by Crippen LogP contribution is -2.19. The summed E-state index contributed by atoms with van der Waals surface area (Å²) in [5.41, 5.74) is 2.49. The van der Waals surface area contributed by atoms with Crippen LogP contribution in [0.3, 0.4) is 0 Å². The number of nitrogens with zero attached hydrogens (tertiary/aromatic N) is 2. The van der Waals surface area contributed by atoms with Crippen molar-refractivity contribution in [2.24, 2.45) is 7.05 Å². The van der Waals surface area contributed by atoms with Gasteiger partial charge in [-0.2, -0.15) is 0 Å². The van der Waals surface area contributed by atoms with Crippen molar-refractivity contribution in [3.63, 3.8) is 0 Å². The first kappa shape index (κ1) is 17.4. The fraction of sp³-hybridized carbons (Fsp3) is 0.211. The number of anilines is 2. The molecule has 0 saturated carbocycles. The molecule has 0 bridgehead atoms. The average Bonchev–Trinajstić information content (AvgIpc) is 3.29. The fourth-order valence-electron chi connectivity index (χ4n) is 2.86. The minimum Gasteiger partial charge on any atom is -0.455 e. The number of carbonyl (C=O) groups is 2. The van der Waals surface area contributed by atoms with Crippen LogP contribution in [0, 0.1) is 0 Å². The third-order valence-electron chi connectivity index (χ3n) is 4.26. The van der Waals surface area contributed by atoms with Crippen LogP contribution in [0.25, 0.3) is 0 Å². The molecule has 0 fully saturated rings. The molecule has 138 valence electrons. The Bertz CT molecular complexity index is 1010. The van der Waals surface area contributed by atoms with Gasteiger partial charge in [-0.05, 0) is 42.3 Å². The van der Waals surface area contributed by atoms with Gasteiger partial charge in [-0.15, -0.1) is 0 Å². The van der Waals surface area contributed by atoms with E-state index in [1.165, 1.54) is 0 Å². The van der Waals surface area contributed by atoms with Gasteiger partial charge in [-0.3, -0.25) is 9.59 Å². The Morgan fingerprint density at radius 1 is 1.33 bits per heavy atom. The zero-order valence-corrected chi connectivity index (χ0v) is 15.5. The second kappa shape index (κ2) is 7.32. The van der Waals surface area contributed by atoms with Crippen molar-refractivity contribution in [2.75, 3.05) is 10.6 Å². The van der Waals surface area contributed by atoms with Gasteiger partial charge in [0.1, 0.15) is 5.76 Å². The maximum absolute atomic E-state index is 12.4. The number of aryl methyl sites for hydroxylation is 2. The van der Waals surface area contributed by atoms with Crippen LogP contribution in [0.2, 0.25) is 0 Å². The summed E-state index contributed by atoms with van der Waals surface area (Å²) >= 11 is 1.54. The maximum Gasteiger partial charge on any atom is 0.291 e. The number of hydrogen-bond acceptors (Lipinski definition) is 5. The van der Waals surface area contributed by atoms with Crippen molar-refractivity contribution < 1.29 is 14.0 Å². The topological polar surface area (TPSA) is 89.2 Å². The molecule has 3 heterocycles. The summed E-state index contributed by atoms with van der Waals surface area (Å²) in [6, 6.07) is 8.92. The zero-order chi connectivity index (χ0) is 18.8. The number of aromatic nitrogens is 2. The Balaban J connectivity index is 1.39. The van der Waals surface area contributed by atoms with Crippen LogP contribution in [0.1, 0.15) is 28.3 Å². The highest BCUT2D eigenvalue weighted by molar-refractivity contribution is 7.98. The molecule has 0 saturated heterocycles. The van der Waals surface area contributed by atoms with Crippen LogP contribution < -0.4 is 10.6 Å². The van der Waals surface area contributed by atoms with Crippen LogP contribution in [-0.4, -0.2) is 21.4 Å². The number of rotatable bonds is 5. The van der Waals surface area contributed by atoms with Crippen molar-refractivity contribution in [3.8, 4) is 0 Å². The van der Waals surface area contributed by atoms with Crippen molar-refractivity contribution in [1.29, 1.82) is 0 Å². The zero-order valence-electron chi connectivity index (χ0n) is 14.7. The highest BCUT2D eigenvalue weighted by atomic mass is 32.2. The van der Waals surface area contributed by atoms with E-state index in [9.17, 15) is 9.59 Å². The number of furan rings is 1. The number of carbonyl (C=O) groups excluding carboxylic acids is 2. The number of amides is 2. The molecule has 1 aliphatic heterocycles. The minimum atomic E-state index is -0.303. The number of thioether (sulfide) groups is 1. The van der Waals surface area contributed by atoms with Gasteiger partial charge >= 0.3 is 0 Å². The highest BCUT2D eigenvalue weighted by Gasteiger charge is 2.17. The summed E-state index contributed by atoms with van der Waals surface area (Å²) in [7, 11) is 1.93. The number of fused-ring (bicyclic) bond motifs is 1. The molecule has 2 aromatic heterocycles. The Kier molecular flexibility index (Phi) is 4.72. The summed E-state index contributed by atoms with van der Waals surface area (Å²) in [6.45, 7) is 0. The SMILES string of the molecule is Cn1ccnc1SCc1ccc(C(=O)Nc2ccc3c(c2)CCC(=O)N3)o1. The quantitative estimate of drug-likeness (QED) is 0.660. The molecule has 8 heteroatoms. The van der Waals surface area contributed by atoms with Crippen LogP contribution in [0.4, 0.5) is 11.4 Å². The van der Waals surface area contributed by atoms with Gasteiger partial charge < -0.3 is 19.6 Å². The van der Waals surface area contributed by atoms with Gasteiger partial charge in [-0.25, -0.2) is 4.98 Å². The average molecular weight is 382 g/mol. The Morgan fingerprint density at radius 3 is 3.04 bits per heavy atom. The lowest BCUT2D eigenvalue weighted by molar-refractivity contribution is -0.116. The number of nitrogens with one attached hydrogen (secondary N) is 2. The van der Waals surface area contributed by atoms with Crippen molar-refractivity contribution in [2.45, 2.75) is 23.8 Å². The van der Waals surface area contributed by atoms with Gasteiger partial charge in [0.25, 0.3) is 5.91 Å². The molecule has 1 aromatic carbocycles. The van der Waals surface area contributed by atoms with Gasteiger partial charge in [0.2, 0.25) is 5.91 Å². The molecule has 0 unspecified atom stereocenters. The molecule has 27 heavy (non-hydrogen) atoms. The molecule has 2 amide bonds. The van der Waals surface area contributed by atoms with E-state index in [2.05, 4.69) is 15.6 Å². The Hall–Kier alpha value is -3.00. The summed E-state index contributed by atoms with van der Waals surface area (Å²) in [4.78, 5) is 28.1. The molecule has 0 atom stereocenters. The van der Waals surface area contributed by atoms with Gasteiger partial charge in [0, 0.05) is 37.2 Å². The van der Waals surface area contributed by atoms with E-state index < -0.39 is 0 Å². The van der Waals surface area contributed by atoms with E-state index in [-0.39, 0.29) is 17.6 Å². The predicted octanol–water partition coefficient (Wildman–Crippen LogP) is 3.44. The Morgan fingerprint density at radius 2 is 2.22 bits per heavy atom. The van der Waals surface area contributed by atoms with E-state index >= 15 is 0 Å². The smallest absolute Gasteiger partial charge is 0.291 e. The second-order valence-corrected chi connectivity index (χ2v) is 7.19. The fourth-order valence-corrected chi connectivity index (χ4v) is 3.68. The number of benzene rings is 1. The third kappa shape index (κ3) is 3.90. The Labute approximate surface area is 160 Å². The van der Waals surface area contributed by atoms with Crippen molar-refractivity contribution in [1.82, 2.24) is 9.55 Å². The van der Waals surface area contributed by atoms with Crippen molar-refractivity contribution >= 4 is 35.0 Å². The molecule has 0 spiro atoms. The van der Waals surface area contributed by atoms with E-state index in [1.807, 2.05) is 23.9 Å². The molecule has 7 nitrogen and oxygen atoms in total. The first-order chi connectivity index (χ1) is 13.1. The highest BCUT2D eigenvalue weighted by Crippen LogP contribution is 2.26. The number of hydrogen-bond donors (Lipinski definition) is 2. The van der Waals surface area contributed by atoms with Gasteiger partial charge in [0.15, 0.2) is 10.9 Å². The van der Waals surface area contributed by atoms with E-state index in [0.717, 1.165) is 16.4 Å². The largest absolute Gasteiger partial charge is 0.455 e. The second-order valence-electron chi connectivity index (χ2n) is 6.25. The molecule has 1 aliphatic rings. The molecule has 0 radical (unpaired) electrons. The maximum atomic E-state index is 12.4. The molecule has 2 N–H and O–H groups in total. The van der Waals surface area contributed by atoms with Crippen molar-refractivity contribution in [3.05, 3.63) is 59.8 Å². The van der Waals surface area contributed by atoms with E-state index in [0.29, 0.717) is 30.0 Å². The molecular weight excluding hydrogens is 364 g/mol. The minimum absolute atomic E-state index is 0.0193. The standard InChI is InChI=1S/C19H18N4O3S/c1-23-9-8-20-19(23)27-11-14-4-6-16(26-14)18(25)21-13-3-5-15-12(10-13)2-7-17(24)22-15/h3-6,8-10H,2,7,11H2,1H3,(H,21,25)(H,22,24). The third-order valence-corrected chi connectivity index (χ3v) is 5.34. The summed E-state index contributed by atoms with van der Waals surface area (Å²) in [5.74, 6) is 1.28. The lowest BCUT2D eigenvalue weighted by Gasteiger charge is -2.17. The summed E-state index contributed by atoms with van der Waals surface area (Å²) in [6.07, 6.45) is 4.75. The lowest BCUT2D eigenvalue weighted by atomic mass is 10.0. The first-order valence-corrected chi connectivity index (χ1v) is 9.50. The molecular formula is C19H18N4O3S. The van der Waals surface area contributed by atoms with Crippen LogP contribution >= 0.6 is 11.8 Å². The molecule has 3 aromatic rings. The van der Waals surface area contributed by atoms with Crippen LogP contribution in [-0.2, 0) is 24.0 Å². The molecule has 0 aliphatic carbocycles. The normalized spacial score (nSPS) is 13.1. The number of imidazole rings is 1. The van der Waals surface area contributed by atoms with Gasteiger partial charge in [-0.1, -0.05) is 11.8 Å². The van der Waals surface area contributed by atoms with E-state index in [1.54, 1.807) is 42.2 Å². The predicted molar refractivity (Wildman–Crippen MR) is 103 cm³/mol. The molecule has 4 rings (SSSR count). The van der Waals surface area contributed by atoms with Crippen LogP contribution in [0.15, 0.2) is 52.3 Å². The van der Waals surface area contributed by atoms with Crippen LogP contribution in [0.5, 0.6) is 0 Å². The monoisotopic (exact) mass is 382 g/mol. The first-order valence-electron chi connectivity index (χ1n) is 8.51. The van der Waals surface area contributed by atoms with Gasteiger partial charge in [0.05, 0.1) is 5.75 Å². The summed E-state index contributed by atoms with van der Waals surface area (Å²) in [5, 5.41) is 6.56. The van der Waals surface area contributed by atoms with E-state index in [4.69, 9.17) is 4.42 Å².